The first-order valence-electron chi connectivity index (χ1n) is 9.63. The van der Waals surface area contributed by atoms with Gasteiger partial charge in [-0.25, -0.2) is 8.42 Å². The highest BCUT2D eigenvalue weighted by Crippen LogP contribution is 2.31. The summed E-state index contributed by atoms with van der Waals surface area (Å²) in [6, 6.07) is 4.57. The summed E-state index contributed by atoms with van der Waals surface area (Å²) >= 11 is 12.0. The Kier molecular flexibility index (Phi) is 7.25. The third-order valence-electron chi connectivity index (χ3n) is 5.77. The zero-order valence-electron chi connectivity index (χ0n) is 15.1. The molecule has 0 amide bonds. The van der Waals surface area contributed by atoms with Crippen LogP contribution in [-0.2, 0) is 10.0 Å². The molecule has 1 aromatic carbocycles. The Bertz CT molecular complexity index is 697. The quantitative estimate of drug-likeness (QED) is 0.735. The van der Waals surface area contributed by atoms with Crippen molar-refractivity contribution in [1.82, 2.24) is 9.62 Å². The summed E-state index contributed by atoms with van der Waals surface area (Å²) in [4.78, 5) is 0.160. The summed E-state index contributed by atoms with van der Waals surface area (Å²) in [6.45, 7) is 3.49. The second kappa shape index (κ2) is 9.24. The van der Waals surface area contributed by atoms with Gasteiger partial charge in [0.05, 0.1) is 5.02 Å². The predicted octanol–water partition coefficient (Wildman–Crippen LogP) is 4.56. The number of rotatable bonds is 6. The number of sulfonamides is 1. The first-order chi connectivity index (χ1) is 12.5. The molecule has 0 radical (unpaired) electrons. The fourth-order valence-corrected chi connectivity index (χ4v) is 6.34. The van der Waals surface area contributed by atoms with Crippen LogP contribution in [0, 0.1) is 11.8 Å². The fourth-order valence-electron chi connectivity index (χ4n) is 4.13. The SMILES string of the molecule is O=S(=O)(c1ccc(Cl)cc1Cl)N1CCC(CCCC2CCNCC2)CC1. The standard InChI is InChI=1S/C19H28Cl2N2O2S/c20-17-4-5-19(18(21)14-17)26(24,25)23-12-8-16(9-13-23)3-1-2-15-6-10-22-11-7-15/h4-5,14-16,22H,1-3,6-13H2. The van der Waals surface area contributed by atoms with Crippen LogP contribution in [0.2, 0.25) is 10.0 Å². The van der Waals surface area contributed by atoms with Gasteiger partial charge < -0.3 is 5.32 Å². The Balaban J connectivity index is 1.48. The summed E-state index contributed by atoms with van der Waals surface area (Å²) in [6.07, 6.45) is 8.30. The van der Waals surface area contributed by atoms with Gasteiger partial charge in [-0.1, -0.05) is 42.5 Å². The summed E-state index contributed by atoms with van der Waals surface area (Å²) in [7, 11) is -3.53. The van der Waals surface area contributed by atoms with Crippen LogP contribution in [-0.4, -0.2) is 38.9 Å². The second-order valence-electron chi connectivity index (χ2n) is 7.55. The average molecular weight is 419 g/mol. The lowest BCUT2D eigenvalue weighted by molar-refractivity contribution is 0.250. The predicted molar refractivity (Wildman–Crippen MR) is 107 cm³/mol. The molecular weight excluding hydrogens is 391 g/mol. The molecule has 0 atom stereocenters. The Morgan fingerprint density at radius 2 is 1.62 bits per heavy atom. The lowest BCUT2D eigenvalue weighted by Crippen LogP contribution is -2.38. The van der Waals surface area contributed by atoms with Gasteiger partial charge in [-0.15, -0.1) is 0 Å². The molecule has 26 heavy (non-hydrogen) atoms. The molecule has 1 aromatic rings. The molecule has 0 saturated carbocycles. The molecule has 4 nitrogen and oxygen atoms in total. The highest BCUT2D eigenvalue weighted by atomic mass is 35.5. The van der Waals surface area contributed by atoms with E-state index in [1.165, 1.54) is 44.2 Å². The number of benzene rings is 1. The van der Waals surface area contributed by atoms with Crippen molar-refractivity contribution in [3.05, 3.63) is 28.2 Å². The summed E-state index contributed by atoms with van der Waals surface area (Å²) in [5.74, 6) is 1.52. The minimum absolute atomic E-state index is 0.160. The maximum absolute atomic E-state index is 12.8. The lowest BCUT2D eigenvalue weighted by Gasteiger charge is -2.32. The first kappa shape index (κ1) is 20.4. The summed E-state index contributed by atoms with van der Waals surface area (Å²) in [5, 5.41) is 4.06. The zero-order chi connectivity index (χ0) is 18.6. The van der Waals surface area contributed by atoms with E-state index in [-0.39, 0.29) is 9.92 Å². The van der Waals surface area contributed by atoms with E-state index in [2.05, 4.69) is 5.32 Å². The van der Waals surface area contributed by atoms with E-state index in [0.717, 1.165) is 31.8 Å². The molecule has 2 fully saturated rings. The van der Waals surface area contributed by atoms with Gasteiger partial charge in [0.2, 0.25) is 10.0 Å². The molecule has 0 unspecified atom stereocenters. The normalized spacial score (nSPS) is 21.2. The number of piperidine rings is 2. The smallest absolute Gasteiger partial charge is 0.244 e. The van der Waals surface area contributed by atoms with Crippen molar-refractivity contribution in [1.29, 1.82) is 0 Å². The molecule has 0 aliphatic carbocycles. The van der Waals surface area contributed by atoms with Gasteiger partial charge in [0, 0.05) is 18.1 Å². The van der Waals surface area contributed by atoms with Crippen LogP contribution in [0.15, 0.2) is 23.1 Å². The van der Waals surface area contributed by atoms with E-state index < -0.39 is 10.0 Å². The summed E-state index contributed by atoms with van der Waals surface area (Å²) < 4.78 is 27.3. The zero-order valence-corrected chi connectivity index (χ0v) is 17.4. The van der Waals surface area contributed by atoms with Crippen molar-refractivity contribution in [2.24, 2.45) is 11.8 Å². The van der Waals surface area contributed by atoms with Crippen LogP contribution >= 0.6 is 23.2 Å². The van der Waals surface area contributed by atoms with Gasteiger partial charge >= 0.3 is 0 Å². The molecule has 0 aromatic heterocycles. The molecule has 0 spiro atoms. The number of hydrogen-bond acceptors (Lipinski definition) is 3. The van der Waals surface area contributed by atoms with Gasteiger partial charge in [0.1, 0.15) is 4.90 Å². The van der Waals surface area contributed by atoms with E-state index in [9.17, 15) is 8.42 Å². The number of halogens is 2. The van der Waals surface area contributed by atoms with Crippen molar-refractivity contribution in [2.75, 3.05) is 26.2 Å². The minimum Gasteiger partial charge on any atom is -0.317 e. The Hall–Kier alpha value is -0.330. The average Bonchev–Trinajstić information content (AvgIpc) is 2.63. The molecule has 3 rings (SSSR count). The van der Waals surface area contributed by atoms with E-state index in [4.69, 9.17) is 23.2 Å². The first-order valence-corrected chi connectivity index (χ1v) is 11.8. The number of hydrogen-bond donors (Lipinski definition) is 1. The molecular formula is C19H28Cl2N2O2S. The second-order valence-corrected chi connectivity index (χ2v) is 10.3. The summed E-state index contributed by atoms with van der Waals surface area (Å²) in [5.41, 5.74) is 0. The highest BCUT2D eigenvalue weighted by molar-refractivity contribution is 7.89. The van der Waals surface area contributed by atoms with Gasteiger partial charge in [-0.2, -0.15) is 4.31 Å². The lowest BCUT2D eigenvalue weighted by atomic mass is 9.87. The monoisotopic (exact) mass is 418 g/mol. The highest BCUT2D eigenvalue weighted by Gasteiger charge is 2.30. The van der Waals surface area contributed by atoms with Crippen LogP contribution in [0.25, 0.3) is 0 Å². The Morgan fingerprint density at radius 3 is 2.23 bits per heavy atom. The van der Waals surface area contributed by atoms with Crippen molar-refractivity contribution >= 4 is 33.2 Å². The van der Waals surface area contributed by atoms with Gasteiger partial charge in [0.15, 0.2) is 0 Å². The molecule has 146 valence electrons. The van der Waals surface area contributed by atoms with Crippen LogP contribution in [0.1, 0.15) is 44.9 Å². The van der Waals surface area contributed by atoms with Crippen LogP contribution in [0.5, 0.6) is 0 Å². The van der Waals surface area contributed by atoms with Gasteiger partial charge in [0.25, 0.3) is 0 Å². The maximum atomic E-state index is 12.8. The van der Waals surface area contributed by atoms with Gasteiger partial charge in [-0.05, 0) is 68.8 Å². The van der Waals surface area contributed by atoms with Crippen LogP contribution in [0.4, 0.5) is 0 Å². The topological polar surface area (TPSA) is 49.4 Å². The van der Waals surface area contributed by atoms with E-state index >= 15 is 0 Å². The molecule has 1 N–H and O–H groups in total. The Labute approximate surface area is 167 Å². The van der Waals surface area contributed by atoms with Crippen LogP contribution in [0.3, 0.4) is 0 Å². The van der Waals surface area contributed by atoms with E-state index in [1.807, 2.05) is 0 Å². The van der Waals surface area contributed by atoms with E-state index in [1.54, 1.807) is 10.4 Å². The Morgan fingerprint density at radius 1 is 1.00 bits per heavy atom. The number of nitrogens with one attached hydrogen (secondary N) is 1. The molecule has 0 bridgehead atoms. The molecule has 7 heteroatoms. The van der Waals surface area contributed by atoms with Crippen molar-refractivity contribution < 1.29 is 8.42 Å². The number of nitrogens with zero attached hydrogens (tertiary/aromatic N) is 1. The molecule has 2 heterocycles. The molecule has 2 saturated heterocycles. The third kappa shape index (κ3) is 5.14. The fraction of sp³-hybridized carbons (Fsp3) is 0.684. The van der Waals surface area contributed by atoms with E-state index in [0.29, 0.717) is 24.0 Å². The van der Waals surface area contributed by atoms with Crippen molar-refractivity contribution in [3.8, 4) is 0 Å². The maximum Gasteiger partial charge on any atom is 0.244 e. The van der Waals surface area contributed by atoms with Crippen LogP contribution < -0.4 is 5.32 Å². The minimum atomic E-state index is -3.53. The van der Waals surface area contributed by atoms with Crippen molar-refractivity contribution in [2.45, 2.75) is 49.8 Å². The largest absolute Gasteiger partial charge is 0.317 e. The molecule has 2 aliphatic heterocycles. The third-order valence-corrected chi connectivity index (χ3v) is 8.39. The van der Waals surface area contributed by atoms with Crippen molar-refractivity contribution in [3.63, 3.8) is 0 Å². The molecule has 2 aliphatic rings. The van der Waals surface area contributed by atoms with Gasteiger partial charge in [-0.3, -0.25) is 0 Å².